The van der Waals surface area contributed by atoms with Gasteiger partial charge in [-0.15, -0.1) is 0 Å². The van der Waals surface area contributed by atoms with Crippen LogP contribution in [0.3, 0.4) is 0 Å². The average molecular weight is 315 g/mol. The Morgan fingerprint density at radius 3 is 1.52 bits per heavy atom. The van der Waals surface area contributed by atoms with Crippen LogP contribution in [0.25, 0.3) is 0 Å². The summed E-state index contributed by atoms with van der Waals surface area (Å²) >= 11 is 0. The summed E-state index contributed by atoms with van der Waals surface area (Å²) in [6.45, 7) is 10.7. The van der Waals surface area contributed by atoms with Gasteiger partial charge >= 0.3 is 0 Å². The van der Waals surface area contributed by atoms with E-state index >= 15 is 0 Å². The van der Waals surface area contributed by atoms with Gasteiger partial charge in [-0.2, -0.15) is 0 Å². The minimum atomic E-state index is 0.0281. The van der Waals surface area contributed by atoms with Gasteiger partial charge < -0.3 is 10.4 Å². The number of hydrogen-bond donors (Lipinski definition) is 2. The Morgan fingerprint density at radius 2 is 1.17 bits per heavy atom. The lowest BCUT2D eigenvalue weighted by atomic mass is 9.70. The Kier molecular flexibility index (Phi) is 3.50. The first kappa shape index (κ1) is 16.0. The molecule has 0 saturated heterocycles. The van der Waals surface area contributed by atoms with Crippen molar-refractivity contribution in [1.82, 2.24) is 4.98 Å². The van der Waals surface area contributed by atoms with Gasteiger partial charge in [0.05, 0.1) is 22.8 Å². The summed E-state index contributed by atoms with van der Waals surface area (Å²) in [5.41, 5.74) is 6.33. The van der Waals surface area contributed by atoms with Gasteiger partial charge in [-0.1, -0.05) is 38.0 Å². The monoisotopic (exact) mass is 315 g/mol. The quantitative estimate of drug-likeness (QED) is 0.566. The minimum absolute atomic E-state index is 0.0281. The van der Waals surface area contributed by atoms with E-state index in [0.717, 1.165) is 53.8 Å². The summed E-state index contributed by atoms with van der Waals surface area (Å²) in [5.74, 6) is 0. The fourth-order valence-corrected chi connectivity index (χ4v) is 4.14. The van der Waals surface area contributed by atoms with Crippen molar-refractivity contribution in [2.24, 2.45) is 21.1 Å². The Labute approximate surface area is 137 Å². The standard InChI is InChI=1S/C18H25N3O2/c1-10-15-11(6-17(2,3)8-13(15)20-22)19-12-7-18(4,5)9-14(21-23)16(10)12/h22-23H,6-9H2,1-5H3/b20-13-,21-14+. The lowest BCUT2D eigenvalue weighted by Gasteiger charge is -2.36. The predicted octanol–water partition coefficient (Wildman–Crippen LogP) is 3.69. The van der Waals surface area contributed by atoms with E-state index in [1.807, 2.05) is 6.92 Å². The molecule has 0 radical (unpaired) electrons. The van der Waals surface area contributed by atoms with E-state index in [1.54, 1.807) is 0 Å². The molecular weight excluding hydrogens is 290 g/mol. The van der Waals surface area contributed by atoms with Gasteiger partial charge in [0.2, 0.25) is 0 Å². The van der Waals surface area contributed by atoms with Crippen molar-refractivity contribution in [1.29, 1.82) is 0 Å². The van der Waals surface area contributed by atoms with Crippen LogP contribution in [0.4, 0.5) is 0 Å². The number of rotatable bonds is 0. The molecule has 2 N–H and O–H groups in total. The van der Waals surface area contributed by atoms with E-state index in [-0.39, 0.29) is 10.8 Å². The third-order valence-electron chi connectivity index (χ3n) is 5.00. The van der Waals surface area contributed by atoms with Crippen molar-refractivity contribution >= 4 is 11.4 Å². The smallest absolute Gasteiger partial charge is 0.0894 e. The van der Waals surface area contributed by atoms with Crippen molar-refractivity contribution in [2.45, 2.75) is 60.3 Å². The molecule has 0 fully saturated rings. The van der Waals surface area contributed by atoms with Gasteiger partial charge in [0.15, 0.2) is 0 Å². The van der Waals surface area contributed by atoms with Gasteiger partial charge in [-0.25, -0.2) is 0 Å². The summed E-state index contributed by atoms with van der Waals surface area (Å²) in [6.07, 6.45) is 3.16. The third-order valence-corrected chi connectivity index (χ3v) is 5.00. The lowest BCUT2D eigenvalue weighted by Crippen LogP contribution is -2.34. The van der Waals surface area contributed by atoms with E-state index in [1.165, 1.54) is 0 Å². The lowest BCUT2D eigenvalue weighted by molar-refractivity contribution is 0.302. The van der Waals surface area contributed by atoms with Crippen molar-refractivity contribution in [2.75, 3.05) is 0 Å². The minimum Gasteiger partial charge on any atom is -0.411 e. The molecule has 1 aromatic heterocycles. The number of hydrogen-bond acceptors (Lipinski definition) is 5. The van der Waals surface area contributed by atoms with Crippen LogP contribution in [-0.2, 0) is 12.8 Å². The molecule has 0 aliphatic heterocycles. The fraction of sp³-hybridized carbons (Fsp3) is 0.611. The largest absolute Gasteiger partial charge is 0.411 e. The summed E-state index contributed by atoms with van der Waals surface area (Å²) < 4.78 is 0. The molecule has 1 heterocycles. The predicted molar refractivity (Wildman–Crippen MR) is 89.8 cm³/mol. The van der Waals surface area contributed by atoms with E-state index in [0.29, 0.717) is 11.4 Å². The van der Waals surface area contributed by atoms with Crippen LogP contribution in [-0.4, -0.2) is 26.8 Å². The van der Waals surface area contributed by atoms with Gasteiger partial charge in [0, 0.05) is 11.1 Å². The average Bonchev–Trinajstić information content (AvgIpc) is 2.42. The van der Waals surface area contributed by atoms with Crippen LogP contribution in [0.5, 0.6) is 0 Å². The number of pyridine rings is 1. The highest BCUT2D eigenvalue weighted by Crippen LogP contribution is 2.41. The number of oxime groups is 2. The molecule has 5 heteroatoms. The summed E-state index contributed by atoms with van der Waals surface area (Å²) in [7, 11) is 0. The number of fused-ring (bicyclic) bond motifs is 2. The van der Waals surface area contributed by atoms with E-state index in [9.17, 15) is 10.4 Å². The molecule has 3 rings (SSSR count). The van der Waals surface area contributed by atoms with Gasteiger partial charge in [0.1, 0.15) is 0 Å². The fourth-order valence-electron chi connectivity index (χ4n) is 4.14. The Bertz CT molecular complexity index is 672. The Morgan fingerprint density at radius 1 is 0.783 bits per heavy atom. The Balaban J connectivity index is 2.28. The maximum atomic E-state index is 9.49. The zero-order valence-electron chi connectivity index (χ0n) is 14.6. The van der Waals surface area contributed by atoms with Crippen molar-refractivity contribution in [3.63, 3.8) is 0 Å². The summed E-state index contributed by atoms with van der Waals surface area (Å²) in [4.78, 5) is 4.92. The second-order valence-corrected chi connectivity index (χ2v) is 8.51. The first-order valence-electron chi connectivity index (χ1n) is 8.12. The van der Waals surface area contributed by atoms with Crippen LogP contribution in [0, 0.1) is 17.8 Å². The van der Waals surface area contributed by atoms with Crippen LogP contribution in [0.1, 0.15) is 68.6 Å². The third kappa shape index (κ3) is 2.62. The highest BCUT2D eigenvalue weighted by molar-refractivity contribution is 6.09. The summed E-state index contributed by atoms with van der Waals surface area (Å²) in [5, 5.41) is 26.1. The molecule has 0 bridgehead atoms. The molecule has 2 aliphatic rings. The maximum absolute atomic E-state index is 9.49. The Hall–Kier alpha value is -1.91. The van der Waals surface area contributed by atoms with Gasteiger partial charge in [0.25, 0.3) is 0 Å². The number of nitrogens with zero attached hydrogens (tertiary/aromatic N) is 3. The number of aromatic nitrogens is 1. The first-order valence-corrected chi connectivity index (χ1v) is 8.12. The topological polar surface area (TPSA) is 78.1 Å². The molecule has 5 nitrogen and oxygen atoms in total. The van der Waals surface area contributed by atoms with Crippen LogP contribution in [0.15, 0.2) is 10.3 Å². The molecular formula is C18H25N3O2. The van der Waals surface area contributed by atoms with E-state index in [4.69, 9.17) is 4.98 Å². The van der Waals surface area contributed by atoms with Crippen molar-refractivity contribution in [3.8, 4) is 0 Å². The first-order chi connectivity index (χ1) is 10.7. The second kappa shape index (κ2) is 5.05. The molecule has 0 unspecified atom stereocenters. The van der Waals surface area contributed by atoms with Gasteiger partial charge in [-0.05, 0) is 49.0 Å². The molecule has 0 aromatic carbocycles. The van der Waals surface area contributed by atoms with Crippen LogP contribution >= 0.6 is 0 Å². The zero-order valence-corrected chi connectivity index (χ0v) is 14.6. The van der Waals surface area contributed by atoms with Gasteiger partial charge in [-0.3, -0.25) is 4.98 Å². The molecule has 124 valence electrons. The molecule has 0 saturated carbocycles. The van der Waals surface area contributed by atoms with Crippen molar-refractivity contribution < 1.29 is 10.4 Å². The normalized spacial score (nSPS) is 25.3. The maximum Gasteiger partial charge on any atom is 0.0894 e. The summed E-state index contributed by atoms with van der Waals surface area (Å²) in [6, 6.07) is 0. The molecule has 0 amide bonds. The van der Waals surface area contributed by atoms with Crippen LogP contribution < -0.4 is 0 Å². The zero-order chi connectivity index (χ0) is 17.0. The van der Waals surface area contributed by atoms with E-state index < -0.39 is 0 Å². The molecule has 1 aromatic rings. The van der Waals surface area contributed by atoms with Crippen LogP contribution in [0.2, 0.25) is 0 Å². The molecule has 2 aliphatic carbocycles. The van der Waals surface area contributed by atoms with Crippen molar-refractivity contribution in [3.05, 3.63) is 28.1 Å². The second-order valence-electron chi connectivity index (χ2n) is 8.51. The molecule has 23 heavy (non-hydrogen) atoms. The molecule has 0 spiro atoms. The highest BCUT2D eigenvalue weighted by atomic mass is 16.4. The van der Waals surface area contributed by atoms with E-state index in [2.05, 4.69) is 38.0 Å². The molecule has 0 atom stereocenters. The SMILES string of the molecule is Cc1c2c(nc3c1/C(=N/O)CC(C)(C)C3)CC(C)(C)C/C2=N/O. The highest BCUT2D eigenvalue weighted by Gasteiger charge is 2.38.